The Labute approximate surface area is 199 Å². The van der Waals surface area contributed by atoms with E-state index in [1.165, 1.54) is 18.2 Å². The van der Waals surface area contributed by atoms with Gasteiger partial charge < -0.3 is 4.74 Å². The highest BCUT2D eigenvalue weighted by atomic mass is 35.5. The van der Waals surface area contributed by atoms with Crippen LogP contribution in [0.3, 0.4) is 0 Å². The van der Waals surface area contributed by atoms with Crippen LogP contribution in [0.15, 0.2) is 77.9 Å². The standard InChI is InChI=1S/C24H17Cl2FN4O2/c25-17-8-4-15(5-9-17)14-33-18-10-6-16(7-11-18)22-12-23(30-29-22)24(32)31-28-13-19-20(26)2-1-3-21(19)27/h1-13H,14H2,(H,29,30)(H,31,32)/b28-13-. The van der Waals surface area contributed by atoms with Crippen molar-refractivity contribution in [3.63, 3.8) is 0 Å². The van der Waals surface area contributed by atoms with Crippen LogP contribution in [0.4, 0.5) is 4.39 Å². The summed E-state index contributed by atoms with van der Waals surface area (Å²) in [5.41, 5.74) is 4.98. The highest BCUT2D eigenvalue weighted by Crippen LogP contribution is 2.22. The minimum atomic E-state index is -0.537. The van der Waals surface area contributed by atoms with Crippen LogP contribution in [-0.4, -0.2) is 22.3 Å². The lowest BCUT2D eigenvalue weighted by Crippen LogP contribution is -2.18. The summed E-state index contributed by atoms with van der Waals surface area (Å²) in [5.74, 6) is -0.367. The summed E-state index contributed by atoms with van der Waals surface area (Å²) < 4.78 is 19.5. The normalized spacial score (nSPS) is 11.0. The van der Waals surface area contributed by atoms with Crippen molar-refractivity contribution in [1.82, 2.24) is 15.6 Å². The van der Waals surface area contributed by atoms with E-state index in [0.29, 0.717) is 23.1 Å². The number of benzene rings is 3. The third-order valence-corrected chi connectivity index (χ3v) is 5.23. The monoisotopic (exact) mass is 482 g/mol. The number of amides is 1. The zero-order chi connectivity index (χ0) is 23.2. The lowest BCUT2D eigenvalue weighted by Gasteiger charge is -2.07. The Kier molecular flexibility index (Phi) is 7.02. The van der Waals surface area contributed by atoms with E-state index in [1.807, 2.05) is 48.5 Å². The molecule has 1 aromatic heterocycles. The fraction of sp³-hybridized carbons (Fsp3) is 0.0417. The SMILES string of the molecule is O=C(N/N=C\c1c(F)cccc1Cl)c1cc(-c2ccc(OCc3ccc(Cl)cc3)cc2)n[nH]1. The second kappa shape index (κ2) is 10.3. The molecule has 0 radical (unpaired) electrons. The van der Waals surface area contributed by atoms with Gasteiger partial charge in [-0.3, -0.25) is 9.89 Å². The number of H-pyrrole nitrogens is 1. The van der Waals surface area contributed by atoms with Crippen molar-refractivity contribution in [2.75, 3.05) is 0 Å². The number of rotatable bonds is 7. The lowest BCUT2D eigenvalue weighted by atomic mass is 10.1. The van der Waals surface area contributed by atoms with Gasteiger partial charge in [-0.15, -0.1) is 0 Å². The van der Waals surface area contributed by atoms with Crippen molar-refractivity contribution < 1.29 is 13.9 Å². The predicted octanol–water partition coefficient (Wildman–Crippen LogP) is 5.87. The van der Waals surface area contributed by atoms with Crippen LogP contribution in [-0.2, 0) is 6.61 Å². The fourth-order valence-electron chi connectivity index (χ4n) is 2.90. The number of nitrogens with zero attached hydrogens (tertiary/aromatic N) is 2. The molecule has 0 saturated heterocycles. The molecule has 0 aliphatic heterocycles. The van der Waals surface area contributed by atoms with E-state index in [2.05, 4.69) is 20.7 Å². The molecule has 3 aromatic carbocycles. The van der Waals surface area contributed by atoms with Gasteiger partial charge in [0, 0.05) is 16.1 Å². The van der Waals surface area contributed by atoms with E-state index in [9.17, 15) is 9.18 Å². The van der Waals surface area contributed by atoms with Crippen LogP contribution >= 0.6 is 23.2 Å². The van der Waals surface area contributed by atoms with Crippen molar-refractivity contribution in [3.05, 3.63) is 105 Å². The summed E-state index contributed by atoms with van der Waals surface area (Å²) in [7, 11) is 0. The number of hydrogen-bond donors (Lipinski definition) is 2. The molecular formula is C24H17Cl2FN4O2. The fourth-order valence-corrected chi connectivity index (χ4v) is 3.24. The van der Waals surface area contributed by atoms with Crippen LogP contribution in [0.5, 0.6) is 5.75 Å². The van der Waals surface area contributed by atoms with Crippen LogP contribution in [0.2, 0.25) is 10.0 Å². The van der Waals surface area contributed by atoms with E-state index >= 15 is 0 Å². The molecule has 0 saturated carbocycles. The van der Waals surface area contributed by atoms with E-state index in [-0.39, 0.29) is 16.3 Å². The molecule has 0 unspecified atom stereocenters. The summed E-state index contributed by atoms with van der Waals surface area (Å²) >= 11 is 11.8. The molecule has 4 rings (SSSR count). The zero-order valence-corrected chi connectivity index (χ0v) is 18.6. The first kappa shape index (κ1) is 22.5. The van der Waals surface area contributed by atoms with Gasteiger partial charge in [0.1, 0.15) is 23.9 Å². The molecule has 4 aromatic rings. The highest BCUT2D eigenvalue weighted by molar-refractivity contribution is 6.33. The summed E-state index contributed by atoms with van der Waals surface area (Å²) in [6, 6.07) is 20.6. The molecule has 0 spiro atoms. The molecule has 2 N–H and O–H groups in total. The molecule has 9 heteroatoms. The zero-order valence-electron chi connectivity index (χ0n) is 17.1. The Balaban J connectivity index is 1.35. The maximum Gasteiger partial charge on any atom is 0.289 e. The maximum absolute atomic E-state index is 13.7. The van der Waals surface area contributed by atoms with Gasteiger partial charge in [-0.25, -0.2) is 9.82 Å². The van der Waals surface area contributed by atoms with Gasteiger partial charge in [0.05, 0.1) is 16.9 Å². The van der Waals surface area contributed by atoms with Crippen molar-refractivity contribution >= 4 is 35.3 Å². The van der Waals surface area contributed by atoms with Gasteiger partial charge in [0.15, 0.2) is 0 Å². The topological polar surface area (TPSA) is 79.4 Å². The Hall–Kier alpha value is -3.68. The third-order valence-electron chi connectivity index (χ3n) is 4.65. The van der Waals surface area contributed by atoms with Gasteiger partial charge in [-0.1, -0.05) is 41.4 Å². The van der Waals surface area contributed by atoms with Gasteiger partial charge >= 0.3 is 0 Å². The predicted molar refractivity (Wildman–Crippen MR) is 126 cm³/mol. The molecule has 0 atom stereocenters. The number of carbonyl (C=O) groups excluding carboxylic acids is 1. The minimum absolute atomic E-state index is 0.0862. The number of aromatic nitrogens is 2. The maximum atomic E-state index is 13.7. The molecule has 0 aliphatic rings. The number of ether oxygens (including phenoxy) is 1. The van der Waals surface area contributed by atoms with Crippen molar-refractivity contribution in [2.45, 2.75) is 6.61 Å². The largest absolute Gasteiger partial charge is 0.489 e. The molecular weight excluding hydrogens is 466 g/mol. The second-order valence-corrected chi connectivity index (χ2v) is 7.78. The smallest absolute Gasteiger partial charge is 0.289 e. The Morgan fingerprint density at radius 3 is 2.58 bits per heavy atom. The number of hydrogen-bond acceptors (Lipinski definition) is 4. The van der Waals surface area contributed by atoms with Gasteiger partial charge in [-0.2, -0.15) is 10.2 Å². The quantitative estimate of drug-likeness (QED) is 0.255. The van der Waals surface area contributed by atoms with E-state index in [4.69, 9.17) is 27.9 Å². The molecule has 0 aliphatic carbocycles. The van der Waals surface area contributed by atoms with Crippen LogP contribution in [0, 0.1) is 5.82 Å². The van der Waals surface area contributed by atoms with Crippen LogP contribution in [0.25, 0.3) is 11.3 Å². The third kappa shape index (κ3) is 5.77. The first-order valence-electron chi connectivity index (χ1n) is 9.80. The number of aromatic amines is 1. The summed E-state index contributed by atoms with van der Waals surface area (Å²) in [5, 5.41) is 11.5. The minimum Gasteiger partial charge on any atom is -0.489 e. The average molecular weight is 483 g/mol. The van der Waals surface area contributed by atoms with Crippen molar-refractivity contribution in [1.29, 1.82) is 0 Å². The molecule has 166 valence electrons. The number of halogens is 3. The summed E-state index contributed by atoms with van der Waals surface area (Å²) in [6.07, 6.45) is 1.15. The molecule has 1 heterocycles. The van der Waals surface area contributed by atoms with Crippen molar-refractivity contribution in [3.8, 4) is 17.0 Å². The Bertz CT molecular complexity index is 1270. The average Bonchev–Trinajstić information content (AvgIpc) is 3.31. The summed E-state index contributed by atoms with van der Waals surface area (Å²) in [4.78, 5) is 12.3. The Morgan fingerprint density at radius 1 is 1.09 bits per heavy atom. The molecule has 1 amide bonds. The first-order valence-corrected chi connectivity index (χ1v) is 10.6. The van der Waals surface area contributed by atoms with Crippen LogP contribution < -0.4 is 10.2 Å². The van der Waals surface area contributed by atoms with Gasteiger partial charge in [0.25, 0.3) is 5.91 Å². The summed E-state index contributed by atoms with van der Waals surface area (Å²) in [6.45, 7) is 0.419. The molecule has 33 heavy (non-hydrogen) atoms. The number of nitrogens with one attached hydrogen (secondary N) is 2. The Morgan fingerprint density at radius 2 is 1.85 bits per heavy atom. The van der Waals surface area contributed by atoms with E-state index in [1.54, 1.807) is 6.07 Å². The van der Waals surface area contributed by atoms with Crippen molar-refractivity contribution in [2.24, 2.45) is 5.10 Å². The van der Waals surface area contributed by atoms with Crippen LogP contribution in [0.1, 0.15) is 21.6 Å². The lowest BCUT2D eigenvalue weighted by molar-refractivity contribution is 0.0950. The molecule has 0 fully saturated rings. The van der Waals surface area contributed by atoms with E-state index in [0.717, 1.165) is 17.3 Å². The highest BCUT2D eigenvalue weighted by Gasteiger charge is 2.11. The number of hydrazone groups is 1. The van der Waals surface area contributed by atoms with Gasteiger partial charge in [-0.05, 0) is 60.2 Å². The number of carbonyl (C=O) groups is 1. The van der Waals surface area contributed by atoms with Gasteiger partial charge in [0.2, 0.25) is 0 Å². The first-order chi connectivity index (χ1) is 16.0. The molecule has 0 bridgehead atoms. The molecule has 6 nitrogen and oxygen atoms in total. The second-order valence-electron chi connectivity index (χ2n) is 6.94. The van der Waals surface area contributed by atoms with E-state index < -0.39 is 11.7 Å².